The van der Waals surface area contributed by atoms with E-state index in [0.717, 1.165) is 6.42 Å². The molecule has 0 saturated carbocycles. The van der Waals surface area contributed by atoms with Crippen molar-refractivity contribution in [3.63, 3.8) is 0 Å². The van der Waals surface area contributed by atoms with E-state index in [-0.39, 0.29) is 11.1 Å². The summed E-state index contributed by atoms with van der Waals surface area (Å²) in [4.78, 5) is 0. The largest absolute Gasteiger partial charge is 0.489 e. The van der Waals surface area contributed by atoms with E-state index in [1.165, 1.54) is 12.1 Å². The van der Waals surface area contributed by atoms with Gasteiger partial charge >= 0.3 is 0 Å². The van der Waals surface area contributed by atoms with Crippen LogP contribution in [0.4, 0.5) is 4.39 Å². The molecule has 3 heteroatoms. The van der Waals surface area contributed by atoms with Gasteiger partial charge in [0.25, 0.3) is 0 Å². The molecule has 1 rings (SSSR count). The Morgan fingerprint density at radius 1 is 1.69 bits per heavy atom. The predicted molar refractivity (Wildman–Crippen MR) is 50.6 cm³/mol. The minimum Gasteiger partial charge on any atom is -0.489 e. The van der Waals surface area contributed by atoms with Gasteiger partial charge in [-0.15, -0.1) is 0 Å². The Bertz CT molecular complexity index is 288. The van der Waals surface area contributed by atoms with Crippen LogP contribution in [0.1, 0.15) is 20.3 Å². The molecule has 1 aromatic rings. The van der Waals surface area contributed by atoms with E-state index in [0.29, 0.717) is 5.75 Å². The zero-order valence-corrected chi connectivity index (χ0v) is 8.36. The van der Waals surface area contributed by atoms with Crippen molar-refractivity contribution in [1.29, 1.82) is 0 Å². The topological polar surface area (TPSA) is 9.23 Å². The minimum atomic E-state index is -0.471. The van der Waals surface area contributed by atoms with E-state index >= 15 is 0 Å². The van der Waals surface area contributed by atoms with E-state index in [1.54, 1.807) is 0 Å². The summed E-state index contributed by atoms with van der Waals surface area (Å²) in [5, 5.41) is 0.288. The van der Waals surface area contributed by atoms with Crippen molar-refractivity contribution < 1.29 is 9.13 Å². The van der Waals surface area contributed by atoms with Gasteiger partial charge in [-0.1, -0.05) is 18.5 Å². The van der Waals surface area contributed by atoms with Gasteiger partial charge < -0.3 is 4.74 Å². The van der Waals surface area contributed by atoms with Gasteiger partial charge in [0.15, 0.2) is 0 Å². The van der Waals surface area contributed by atoms with Crippen LogP contribution >= 0.6 is 11.6 Å². The third-order valence-corrected chi connectivity index (χ3v) is 2.03. The molecule has 0 N–H and O–H groups in total. The van der Waals surface area contributed by atoms with E-state index in [4.69, 9.17) is 16.3 Å². The molecule has 0 spiro atoms. The van der Waals surface area contributed by atoms with Gasteiger partial charge in [-0.3, -0.25) is 0 Å². The fourth-order valence-electron chi connectivity index (χ4n) is 0.818. The summed E-state index contributed by atoms with van der Waals surface area (Å²) >= 11 is 5.75. The first-order chi connectivity index (χ1) is 6.13. The maximum Gasteiger partial charge on any atom is 0.139 e. The average molecular weight is 202 g/mol. The normalized spacial score (nSPS) is 12.6. The Hall–Kier alpha value is -0.760. The number of rotatable bonds is 3. The fraction of sp³-hybridized carbons (Fsp3) is 0.400. The molecule has 0 amide bonds. The van der Waals surface area contributed by atoms with Crippen LogP contribution < -0.4 is 4.74 Å². The van der Waals surface area contributed by atoms with Crippen LogP contribution in [0, 0.1) is 11.9 Å². The lowest BCUT2D eigenvalue weighted by Crippen LogP contribution is -2.09. The Labute approximate surface area is 82.5 Å². The number of halogens is 2. The number of ether oxygens (including phenoxy) is 1. The molecule has 0 bridgehead atoms. The van der Waals surface area contributed by atoms with Gasteiger partial charge in [-0.2, -0.15) is 0 Å². The second-order valence-corrected chi connectivity index (χ2v) is 3.24. The summed E-state index contributed by atoms with van der Waals surface area (Å²) in [6.07, 6.45) is 0.963. The molecule has 0 aliphatic rings. The molecule has 1 aromatic carbocycles. The van der Waals surface area contributed by atoms with Crippen LogP contribution in [0.5, 0.6) is 5.75 Å². The van der Waals surface area contributed by atoms with Gasteiger partial charge in [0.1, 0.15) is 11.6 Å². The highest BCUT2D eigenvalue weighted by molar-refractivity contribution is 6.32. The van der Waals surface area contributed by atoms with Crippen LogP contribution in [0.15, 0.2) is 12.1 Å². The Morgan fingerprint density at radius 3 is 2.92 bits per heavy atom. The molecule has 0 fully saturated rings. The van der Waals surface area contributed by atoms with Gasteiger partial charge in [0.05, 0.1) is 11.1 Å². The molecule has 71 valence electrons. The third kappa shape index (κ3) is 2.88. The first kappa shape index (κ1) is 10.3. The molecule has 0 aliphatic carbocycles. The third-order valence-electron chi connectivity index (χ3n) is 1.73. The second kappa shape index (κ2) is 4.47. The first-order valence-corrected chi connectivity index (χ1v) is 4.54. The number of benzene rings is 1. The Morgan fingerprint density at radius 2 is 2.38 bits per heavy atom. The summed E-state index contributed by atoms with van der Waals surface area (Å²) < 4.78 is 18.0. The Kier molecular flexibility index (Phi) is 3.55. The summed E-state index contributed by atoms with van der Waals surface area (Å²) in [5.74, 6) is 0.0129. The summed E-state index contributed by atoms with van der Waals surface area (Å²) in [5.41, 5.74) is 0. The van der Waals surface area contributed by atoms with E-state index < -0.39 is 5.82 Å². The molecule has 13 heavy (non-hydrogen) atoms. The quantitative estimate of drug-likeness (QED) is 0.728. The molecule has 1 nitrogen and oxygen atoms in total. The van der Waals surface area contributed by atoms with Gasteiger partial charge in [0, 0.05) is 6.07 Å². The van der Waals surface area contributed by atoms with Crippen molar-refractivity contribution in [3.05, 3.63) is 29.0 Å². The van der Waals surface area contributed by atoms with Gasteiger partial charge in [0.2, 0.25) is 0 Å². The van der Waals surface area contributed by atoms with Crippen molar-refractivity contribution in [2.45, 2.75) is 26.4 Å². The second-order valence-electron chi connectivity index (χ2n) is 2.83. The number of hydrogen-bond acceptors (Lipinski definition) is 1. The van der Waals surface area contributed by atoms with E-state index in [1.807, 2.05) is 13.8 Å². The van der Waals surface area contributed by atoms with Crippen molar-refractivity contribution in [2.75, 3.05) is 0 Å². The molecule has 0 aromatic heterocycles. The molecule has 1 atom stereocenters. The van der Waals surface area contributed by atoms with E-state index in [9.17, 15) is 4.39 Å². The highest BCUT2D eigenvalue weighted by Gasteiger charge is 2.06. The van der Waals surface area contributed by atoms with Crippen LogP contribution in [0.2, 0.25) is 5.02 Å². The lowest BCUT2D eigenvalue weighted by Gasteiger charge is -2.13. The fourth-order valence-corrected chi connectivity index (χ4v) is 1.01. The molecular weight excluding hydrogens is 191 g/mol. The Balaban J connectivity index is 2.77. The summed E-state index contributed by atoms with van der Waals surface area (Å²) in [7, 11) is 0. The molecule has 0 saturated heterocycles. The monoisotopic (exact) mass is 201 g/mol. The van der Waals surface area contributed by atoms with Crippen LogP contribution in [-0.4, -0.2) is 6.10 Å². The zero-order chi connectivity index (χ0) is 9.84. The van der Waals surface area contributed by atoms with Gasteiger partial charge in [-0.25, -0.2) is 4.39 Å². The standard InChI is InChI=1S/C10H11ClFO/c1-3-7(2)13-10-5-4-8(12)6-9(10)11/h5-7H,3H2,1-2H3. The lowest BCUT2D eigenvalue weighted by molar-refractivity contribution is 0.217. The molecule has 1 radical (unpaired) electrons. The highest BCUT2D eigenvalue weighted by atomic mass is 35.5. The van der Waals surface area contributed by atoms with Crippen molar-refractivity contribution in [1.82, 2.24) is 0 Å². The number of hydrogen-bond donors (Lipinski definition) is 0. The summed E-state index contributed by atoms with van der Waals surface area (Å²) in [6, 6.07) is 5.01. The SMILES string of the molecule is CCC(C)Oc1c[c]c(F)cc1Cl. The van der Waals surface area contributed by atoms with Crippen LogP contribution in [-0.2, 0) is 0 Å². The molecule has 0 heterocycles. The highest BCUT2D eigenvalue weighted by Crippen LogP contribution is 2.25. The predicted octanol–water partition coefficient (Wildman–Crippen LogP) is 3.46. The minimum absolute atomic E-state index is 0.0800. The average Bonchev–Trinajstić information content (AvgIpc) is 2.09. The van der Waals surface area contributed by atoms with Crippen molar-refractivity contribution in [2.24, 2.45) is 0 Å². The van der Waals surface area contributed by atoms with Crippen LogP contribution in [0.3, 0.4) is 0 Å². The smallest absolute Gasteiger partial charge is 0.139 e. The first-order valence-electron chi connectivity index (χ1n) is 4.17. The van der Waals surface area contributed by atoms with E-state index in [2.05, 4.69) is 6.07 Å². The maximum absolute atomic E-state index is 12.6. The van der Waals surface area contributed by atoms with Crippen molar-refractivity contribution >= 4 is 11.6 Å². The molecule has 0 aliphatic heterocycles. The van der Waals surface area contributed by atoms with Crippen LogP contribution in [0.25, 0.3) is 0 Å². The van der Waals surface area contributed by atoms with Crippen molar-refractivity contribution in [3.8, 4) is 5.75 Å². The lowest BCUT2D eigenvalue weighted by atomic mass is 10.3. The zero-order valence-electron chi connectivity index (χ0n) is 7.60. The summed E-state index contributed by atoms with van der Waals surface area (Å²) in [6.45, 7) is 3.94. The maximum atomic E-state index is 12.6. The molecular formula is C10H11ClFO. The van der Waals surface area contributed by atoms with Gasteiger partial charge in [-0.05, 0) is 25.5 Å². The molecule has 1 unspecified atom stereocenters.